The summed E-state index contributed by atoms with van der Waals surface area (Å²) in [5.74, 6) is -0.414. The van der Waals surface area contributed by atoms with Gasteiger partial charge in [0.2, 0.25) is 0 Å². The van der Waals surface area contributed by atoms with Gasteiger partial charge in [0.05, 0.1) is 0 Å². The van der Waals surface area contributed by atoms with Crippen molar-refractivity contribution in [3.8, 4) is 16.9 Å². The molecule has 1 fully saturated rings. The van der Waals surface area contributed by atoms with Crippen molar-refractivity contribution in [1.82, 2.24) is 5.32 Å². The molecule has 3 rings (SSSR count). The van der Waals surface area contributed by atoms with Gasteiger partial charge in [-0.1, -0.05) is 63.2 Å². The minimum atomic E-state index is -1.10. The van der Waals surface area contributed by atoms with E-state index in [4.69, 9.17) is 16.2 Å². The first-order valence-corrected chi connectivity index (χ1v) is 10.9. The van der Waals surface area contributed by atoms with E-state index in [1.54, 1.807) is 12.1 Å². The number of aliphatic imine (C=N–C) groups is 1. The quantitative estimate of drug-likeness (QED) is 0.228. The maximum absolute atomic E-state index is 13.3. The van der Waals surface area contributed by atoms with Crippen molar-refractivity contribution < 1.29 is 19.4 Å². The van der Waals surface area contributed by atoms with Crippen LogP contribution in [-0.2, 0) is 4.79 Å². The third kappa shape index (κ3) is 6.25. The van der Waals surface area contributed by atoms with E-state index in [1.807, 2.05) is 63.2 Å². The summed E-state index contributed by atoms with van der Waals surface area (Å²) in [7, 11) is 0. The van der Waals surface area contributed by atoms with E-state index < -0.39 is 23.5 Å². The van der Waals surface area contributed by atoms with Crippen molar-refractivity contribution in [2.45, 2.75) is 52.1 Å². The smallest absolute Gasteiger partial charge is 0.404 e. The first-order valence-electron chi connectivity index (χ1n) is 10.9. The second kappa shape index (κ2) is 9.52. The summed E-state index contributed by atoms with van der Waals surface area (Å²) in [6, 6.07) is 15.8. The van der Waals surface area contributed by atoms with Gasteiger partial charge in [0.25, 0.3) is 0 Å². The van der Waals surface area contributed by atoms with Crippen LogP contribution in [0.5, 0.6) is 5.75 Å². The number of hydrogen-bond acceptors (Lipinski definition) is 4. The molecule has 8 heteroatoms. The van der Waals surface area contributed by atoms with Crippen LogP contribution in [0.2, 0.25) is 0 Å². The number of nitrogens with one attached hydrogen (secondary N) is 1. The number of carboxylic acid groups (broad SMARTS) is 1. The highest BCUT2D eigenvalue weighted by Crippen LogP contribution is 2.49. The highest BCUT2D eigenvalue weighted by atomic mass is 16.5. The summed E-state index contributed by atoms with van der Waals surface area (Å²) >= 11 is 0. The maximum atomic E-state index is 13.3. The first-order chi connectivity index (χ1) is 15.5. The molecule has 6 N–H and O–H groups in total. The van der Waals surface area contributed by atoms with Crippen molar-refractivity contribution >= 4 is 18.0 Å². The number of ether oxygens (including phenoxy) is 1. The number of amides is 1. The minimum Gasteiger partial charge on any atom is -0.465 e. The molecule has 1 aliphatic carbocycles. The van der Waals surface area contributed by atoms with E-state index in [1.165, 1.54) is 0 Å². The molecular weight excluding hydrogens is 420 g/mol. The van der Waals surface area contributed by atoms with Gasteiger partial charge in [0.1, 0.15) is 5.75 Å². The predicted molar refractivity (Wildman–Crippen MR) is 128 cm³/mol. The number of hydrogen-bond donors (Lipinski definition) is 4. The molecule has 1 aliphatic rings. The minimum absolute atomic E-state index is 0.219. The monoisotopic (exact) mass is 452 g/mol. The maximum Gasteiger partial charge on any atom is 0.404 e. The van der Waals surface area contributed by atoms with Gasteiger partial charge in [0.15, 0.2) is 12.0 Å². The number of rotatable bonds is 6. The predicted octanol–water partition coefficient (Wildman–Crippen LogP) is 3.75. The lowest BCUT2D eigenvalue weighted by Crippen LogP contribution is -2.53. The molecule has 0 aromatic heterocycles. The zero-order valence-electron chi connectivity index (χ0n) is 19.2. The summed E-state index contributed by atoms with van der Waals surface area (Å²) in [6.07, 6.45) is 0.590. The number of carbonyl (C=O) groups is 2. The van der Waals surface area contributed by atoms with Gasteiger partial charge in [-0.3, -0.25) is 0 Å². The standard InChI is InChI=1S/C25H32N4O4/c1-24(2)13-18(28-23(31)32)14-25(3,15-24)20(29-22(26)27)21(30)33-19-11-9-17(10-12-19)16-7-5-4-6-8-16/h4-12,18,20,28H,13-15H2,1-3H3,(H,31,32)(H4,26,27,29). The fourth-order valence-electron chi connectivity index (χ4n) is 5.18. The topological polar surface area (TPSA) is 140 Å². The van der Waals surface area contributed by atoms with Gasteiger partial charge >= 0.3 is 12.1 Å². The molecule has 0 spiro atoms. The molecule has 2 aromatic carbocycles. The van der Waals surface area contributed by atoms with Crippen LogP contribution < -0.4 is 21.5 Å². The average molecular weight is 453 g/mol. The largest absolute Gasteiger partial charge is 0.465 e. The highest BCUT2D eigenvalue weighted by molar-refractivity contribution is 5.84. The van der Waals surface area contributed by atoms with E-state index in [9.17, 15) is 14.7 Å². The molecule has 0 saturated heterocycles. The normalized spacial score (nSPS) is 22.6. The molecule has 0 bridgehead atoms. The molecule has 0 heterocycles. The van der Waals surface area contributed by atoms with Crippen LogP contribution in [0.15, 0.2) is 59.6 Å². The lowest BCUT2D eigenvalue weighted by Gasteiger charge is -2.48. The lowest BCUT2D eigenvalue weighted by atomic mass is 9.60. The number of benzene rings is 2. The van der Waals surface area contributed by atoms with Crippen LogP contribution >= 0.6 is 0 Å². The number of nitrogens with two attached hydrogens (primary N) is 2. The van der Waals surface area contributed by atoms with Gasteiger partial charge in [-0.25, -0.2) is 14.6 Å². The zero-order chi connectivity index (χ0) is 24.2. The van der Waals surface area contributed by atoms with Gasteiger partial charge < -0.3 is 26.6 Å². The molecular formula is C25H32N4O4. The van der Waals surface area contributed by atoms with Crippen molar-refractivity contribution in [3.05, 3.63) is 54.6 Å². The molecule has 8 nitrogen and oxygen atoms in total. The second-order valence-electron chi connectivity index (χ2n) is 9.82. The van der Waals surface area contributed by atoms with Gasteiger partial charge in [-0.15, -0.1) is 0 Å². The molecule has 1 saturated carbocycles. The van der Waals surface area contributed by atoms with Crippen LogP contribution in [0.25, 0.3) is 11.1 Å². The fraction of sp³-hybridized carbons (Fsp3) is 0.400. The van der Waals surface area contributed by atoms with E-state index in [0.29, 0.717) is 25.0 Å². The molecule has 0 radical (unpaired) electrons. The van der Waals surface area contributed by atoms with Gasteiger partial charge in [0, 0.05) is 11.5 Å². The van der Waals surface area contributed by atoms with E-state index in [-0.39, 0.29) is 17.4 Å². The number of nitrogens with zero attached hydrogens (tertiary/aromatic N) is 1. The number of esters is 1. The number of carbonyl (C=O) groups excluding carboxylic acids is 1. The fourth-order valence-corrected chi connectivity index (χ4v) is 5.18. The average Bonchev–Trinajstić information content (AvgIpc) is 2.71. The van der Waals surface area contributed by atoms with Crippen LogP contribution in [-0.4, -0.2) is 35.2 Å². The summed E-state index contributed by atoms with van der Waals surface area (Å²) in [6.45, 7) is 5.99. The Morgan fingerprint density at radius 1 is 1.03 bits per heavy atom. The van der Waals surface area contributed by atoms with E-state index >= 15 is 0 Å². The molecule has 33 heavy (non-hydrogen) atoms. The lowest BCUT2D eigenvalue weighted by molar-refractivity contribution is -0.140. The van der Waals surface area contributed by atoms with E-state index in [2.05, 4.69) is 10.3 Å². The summed E-state index contributed by atoms with van der Waals surface area (Å²) in [5, 5.41) is 11.8. The molecule has 3 unspecified atom stereocenters. The third-order valence-corrected chi connectivity index (χ3v) is 6.06. The Kier molecular flexibility index (Phi) is 6.95. The van der Waals surface area contributed by atoms with Crippen molar-refractivity contribution in [2.75, 3.05) is 0 Å². The van der Waals surface area contributed by atoms with Crippen LogP contribution in [0.3, 0.4) is 0 Å². The van der Waals surface area contributed by atoms with Gasteiger partial charge in [-0.05, 0) is 47.9 Å². The zero-order valence-corrected chi connectivity index (χ0v) is 19.2. The van der Waals surface area contributed by atoms with Gasteiger partial charge in [-0.2, -0.15) is 0 Å². The van der Waals surface area contributed by atoms with E-state index in [0.717, 1.165) is 11.1 Å². The molecule has 2 aromatic rings. The highest BCUT2D eigenvalue weighted by Gasteiger charge is 2.49. The summed E-state index contributed by atoms with van der Waals surface area (Å²) in [5.41, 5.74) is 12.5. The van der Waals surface area contributed by atoms with Crippen molar-refractivity contribution in [1.29, 1.82) is 0 Å². The Bertz CT molecular complexity index is 1020. The van der Waals surface area contributed by atoms with Crippen molar-refractivity contribution in [2.24, 2.45) is 27.3 Å². The van der Waals surface area contributed by atoms with Crippen LogP contribution in [0, 0.1) is 10.8 Å². The Morgan fingerprint density at radius 3 is 2.21 bits per heavy atom. The molecule has 176 valence electrons. The van der Waals surface area contributed by atoms with Crippen LogP contribution in [0.1, 0.15) is 40.0 Å². The molecule has 1 amide bonds. The summed E-state index contributed by atoms with van der Waals surface area (Å²) in [4.78, 5) is 28.8. The molecule has 0 aliphatic heterocycles. The molecule has 3 atom stereocenters. The summed E-state index contributed by atoms with van der Waals surface area (Å²) < 4.78 is 5.68. The third-order valence-electron chi connectivity index (χ3n) is 6.06. The Labute approximate surface area is 194 Å². The Hall–Kier alpha value is -3.55. The Balaban J connectivity index is 1.84. The van der Waals surface area contributed by atoms with Crippen molar-refractivity contribution in [3.63, 3.8) is 0 Å². The SMILES string of the molecule is CC1(C)CC(NC(=O)O)CC(C)(C(N=C(N)N)C(=O)Oc2ccc(-c3ccccc3)cc2)C1. The van der Waals surface area contributed by atoms with Crippen LogP contribution in [0.4, 0.5) is 4.79 Å². The Morgan fingerprint density at radius 2 is 1.64 bits per heavy atom. The second-order valence-corrected chi connectivity index (χ2v) is 9.82. The number of guanidine groups is 1. The first kappa shape index (κ1) is 24.1.